The molecule has 0 aliphatic carbocycles. The zero-order chi connectivity index (χ0) is 28.2. The minimum atomic E-state index is -1.74. The molecule has 1 fully saturated rings. The van der Waals surface area contributed by atoms with Crippen molar-refractivity contribution < 1.29 is 33.7 Å². The van der Waals surface area contributed by atoms with Crippen molar-refractivity contribution >= 4 is 40.4 Å². The molecule has 2 aromatic rings. The molecule has 4 heterocycles. The quantitative estimate of drug-likeness (QED) is 0.267. The maximum absolute atomic E-state index is 12.7. The first-order valence-corrected chi connectivity index (χ1v) is 13.5. The van der Waals surface area contributed by atoms with Gasteiger partial charge in [0.15, 0.2) is 12.3 Å². The average Bonchev–Trinajstić information content (AvgIpc) is 3.34. The third-order valence-electron chi connectivity index (χ3n) is 7.05. The summed E-state index contributed by atoms with van der Waals surface area (Å²) < 4.78 is 19.1. The predicted octanol–water partition coefficient (Wildman–Crippen LogP) is 2.95. The molecule has 12 heteroatoms. The van der Waals surface area contributed by atoms with Gasteiger partial charge in [-0.15, -0.1) is 0 Å². The van der Waals surface area contributed by atoms with E-state index in [1.165, 1.54) is 19.3 Å². The summed E-state index contributed by atoms with van der Waals surface area (Å²) in [4.78, 5) is 45.7. The first-order valence-electron chi connectivity index (χ1n) is 13.5. The van der Waals surface area contributed by atoms with Crippen molar-refractivity contribution in [1.29, 1.82) is 0 Å². The summed E-state index contributed by atoms with van der Waals surface area (Å²) in [7, 11) is 0. The Kier molecular flexibility index (Phi) is 8.86. The lowest BCUT2D eigenvalue weighted by atomic mass is 9.96. The summed E-state index contributed by atoms with van der Waals surface area (Å²) in [6.45, 7) is 5.39. The number of hydrogen-bond donors (Lipinski definition) is 3. The number of ether oxygens (including phenoxy) is 3. The number of carbonyl (C=O) groups is 3. The van der Waals surface area contributed by atoms with E-state index in [0.29, 0.717) is 29.4 Å². The van der Waals surface area contributed by atoms with E-state index in [4.69, 9.17) is 19.9 Å². The molecular weight excluding hydrogens is 506 g/mol. The van der Waals surface area contributed by atoms with Crippen molar-refractivity contribution in [3.8, 4) is 0 Å². The number of rotatable bonds is 12. The van der Waals surface area contributed by atoms with E-state index in [9.17, 15) is 19.5 Å². The van der Waals surface area contributed by atoms with Crippen LogP contribution in [-0.4, -0.2) is 61.9 Å². The average molecular weight is 544 g/mol. The fraction of sp³-hybridized carbons (Fsp3) is 0.593. The molecule has 212 valence electrons. The summed E-state index contributed by atoms with van der Waals surface area (Å²) >= 11 is 0. The highest BCUT2D eigenvalue weighted by Gasteiger charge is 2.57. The number of unbranched alkanes of at least 4 members (excludes halogenated alkanes) is 4. The van der Waals surface area contributed by atoms with Crippen molar-refractivity contribution in [1.82, 2.24) is 14.5 Å². The van der Waals surface area contributed by atoms with E-state index in [1.54, 1.807) is 10.8 Å². The molecule has 4 rings (SSSR count). The van der Waals surface area contributed by atoms with Crippen LogP contribution in [0.15, 0.2) is 18.6 Å². The van der Waals surface area contributed by atoms with E-state index in [2.05, 4.69) is 15.3 Å². The Morgan fingerprint density at radius 2 is 1.85 bits per heavy atom. The number of esters is 2. The van der Waals surface area contributed by atoms with Gasteiger partial charge in [0.2, 0.25) is 0 Å². The fourth-order valence-corrected chi connectivity index (χ4v) is 5.00. The lowest BCUT2D eigenvalue weighted by molar-refractivity contribution is -0.165. The van der Waals surface area contributed by atoms with Crippen LogP contribution < -0.4 is 11.1 Å². The predicted molar refractivity (Wildman–Crippen MR) is 142 cm³/mol. The van der Waals surface area contributed by atoms with Gasteiger partial charge in [-0.25, -0.2) is 9.97 Å². The Morgan fingerprint density at radius 1 is 1.15 bits per heavy atom. The van der Waals surface area contributed by atoms with E-state index >= 15 is 0 Å². The lowest BCUT2D eigenvalue weighted by Crippen LogP contribution is -2.47. The van der Waals surface area contributed by atoms with Gasteiger partial charge in [-0.05, 0) is 19.8 Å². The van der Waals surface area contributed by atoms with Crippen LogP contribution in [0.5, 0.6) is 0 Å². The molecule has 2 aromatic heterocycles. The van der Waals surface area contributed by atoms with Crippen molar-refractivity contribution in [3.63, 3.8) is 0 Å². The van der Waals surface area contributed by atoms with Gasteiger partial charge in [-0.2, -0.15) is 0 Å². The molecule has 4 atom stereocenters. The molecule has 2 aliphatic rings. The number of anilines is 1. The number of aliphatic hydroxyl groups is 1. The lowest BCUT2D eigenvalue weighted by Gasteiger charge is -2.30. The number of nitrogens with two attached hydrogens (primary N) is 1. The summed E-state index contributed by atoms with van der Waals surface area (Å²) in [5.41, 5.74) is 5.48. The molecule has 0 saturated carbocycles. The molecule has 0 spiro atoms. The van der Waals surface area contributed by atoms with Gasteiger partial charge >= 0.3 is 11.9 Å². The van der Waals surface area contributed by atoms with Crippen LogP contribution in [0.25, 0.3) is 16.7 Å². The van der Waals surface area contributed by atoms with E-state index in [1.807, 2.05) is 13.8 Å². The molecule has 0 radical (unpaired) electrons. The van der Waals surface area contributed by atoms with Gasteiger partial charge in [-0.1, -0.05) is 39.5 Å². The van der Waals surface area contributed by atoms with Crippen molar-refractivity contribution in [2.75, 3.05) is 11.9 Å². The maximum atomic E-state index is 12.7. The highest BCUT2D eigenvalue weighted by atomic mass is 16.6. The standard InChI is InChI=1S/C27H37N5O7/c1-4-6-8-10-20(34)37-14-18-23(39-21(35)11-9-7-5-2)27(3,36)26(38-18)32-13-16-17(28)12-19(33)31-24-22(16)25(32)30-15-29-24/h12-13,15,18,23,26,36H,4-11,14,28H2,1-3H3,(H,29,30,31,33)/t18-,23-,26?,27?/m1/s1. The number of hydrogen-bond acceptors (Lipinski definition) is 10. The molecule has 12 nitrogen and oxygen atoms in total. The highest BCUT2D eigenvalue weighted by Crippen LogP contribution is 2.43. The van der Waals surface area contributed by atoms with Crippen LogP contribution in [0.3, 0.4) is 0 Å². The summed E-state index contributed by atoms with van der Waals surface area (Å²) in [5.74, 6) is -1.01. The Bertz CT molecular complexity index is 1250. The third-order valence-corrected chi connectivity index (χ3v) is 7.05. The summed E-state index contributed by atoms with van der Waals surface area (Å²) in [6, 6.07) is 0. The minimum absolute atomic E-state index is 0.193. The Hall–Kier alpha value is -3.51. The molecule has 4 N–H and O–H groups in total. The number of nitrogens with one attached hydrogen (secondary N) is 1. The van der Waals surface area contributed by atoms with Gasteiger partial charge in [0, 0.05) is 36.4 Å². The molecule has 1 saturated heterocycles. The second-order valence-electron chi connectivity index (χ2n) is 10.2. The van der Waals surface area contributed by atoms with Crippen molar-refractivity contribution in [2.24, 2.45) is 5.73 Å². The van der Waals surface area contributed by atoms with Gasteiger partial charge in [0.1, 0.15) is 36.1 Å². The third kappa shape index (κ3) is 6.06. The van der Waals surface area contributed by atoms with Crippen LogP contribution in [0.4, 0.5) is 5.82 Å². The van der Waals surface area contributed by atoms with Gasteiger partial charge in [-0.3, -0.25) is 14.4 Å². The number of carbonyl (C=O) groups excluding carboxylic acids is 3. The normalized spacial score (nSPS) is 24.3. The summed E-state index contributed by atoms with van der Waals surface area (Å²) in [6.07, 6.45) is 6.55. The molecule has 0 bridgehead atoms. The number of amides is 1. The molecular formula is C27H37N5O7. The number of nitrogens with zero attached hydrogens (tertiary/aromatic N) is 3. The van der Waals surface area contributed by atoms with E-state index < -0.39 is 35.9 Å². The molecule has 1 amide bonds. The van der Waals surface area contributed by atoms with Crippen molar-refractivity contribution in [3.05, 3.63) is 24.2 Å². The first-order chi connectivity index (χ1) is 18.7. The van der Waals surface area contributed by atoms with Crippen LogP contribution in [-0.2, 0) is 28.6 Å². The van der Waals surface area contributed by atoms with Gasteiger partial charge < -0.3 is 34.9 Å². The largest absolute Gasteiger partial charge is 0.463 e. The minimum Gasteiger partial charge on any atom is -0.463 e. The first kappa shape index (κ1) is 28.5. The molecule has 2 unspecified atom stereocenters. The van der Waals surface area contributed by atoms with Crippen LogP contribution >= 0.6 is 0 Å². The molecule has 2 aliphatic heterocycles. The van der Waals surface area contributed by atoms with E-state index in [-0.39, 0.29) is 36.9 Å². The fourth-order valence-electron chi connectivity index (χ4n) is 5.00. The SMILES string of the molecule is CCCCCC(=O)OC[C@H]1OC(n2cc3c4c(ncnc42)NC(=O)C=C3N)C(C)(O)[C@@H]1OC(=O)CCCCC. The second-order valence-corrected chi connectivity index (χ2v) is 10.2. The van der Waals surface area contributed by atoms with Gasteiger partial charge in [0.05, 0.1) is 5.39 Å². The van der Waals surface area contributed by atoms with Crippen LogP contribution in [0.1, 0.15) is 83.9 Å². The second kappa shape index (κ2) is 12.1. The van der Waals surface area contributed by atoms with Crippen LogP contribution in [0.2, 0.25) is 0 Å². The maximum Gasteiger partial charge on any atom is 0.306 e. The Labute approximate surface area is 226 Å². The summed E-state index contributed by atoms with van der Waals surface area (Å²) in [5, 5.41) is 14.9. The zero-order valence-electron chi connectivity index (χ0n) is 22.6. The Morgan fingerprint density at radius 3 is 2.54 bits per heavy atom. The molecule has 0 aromatic carbocycles. The number of aromatic nitrogens is 3. The molecule has 39 heavy (non-hydrogen) atoms. The topological polar surface area (TPSA) is 168 Å². The van der Waals surface area contributed by atoms with E-state index in [0.717, 1.165) is 25.7 Å². The smallest absolute Gasteiger partial charge is 0.306 e. The monoisotopic (exact) mass is 543 g/mol. The zero-order valence-corrected chi connectivity index (χ0v) is 22.6. The Balaban J connectivity index is 1.64. The van der Waals surface area contributed by atoms with Crippen molar-refractivity contribution in [2.45, 2.75) is 96.2 Å². The van der Waals surface area contributed by atoms with Gasteiger partial charge in [0.25, 0.3) is 5.91 Å². The highest BCUT2D eigenvalue weighted by molar-refractivity contribution is 6.13. The van der Waals surface area contributed by atoms with Crippen LogP contribution in [0, 0.1) is 0 Å².